The molecule has 0 saturated heterocycles. The molecule has 3 aromatic carbocycles. The van der Waals surface area contributed by atoms with Gasteiger partial charge in [-0.2, -0.15) is 0 Å². The van der Waals surface area contributed by atoms with Crippen molar-refractivity contribution in [2.75, 3.05) is 0 Å². The van der Waals surface area contributed by atoms with E-state index in [9.17, 15) is 8.78 Å². The molecule has 0 aromatic heterocycles. The van der Waals surface area contributed by atoms with Crippen LogP contribution in [-0.4, -0.2) is 0 Å². The van der Waals surface area contributed by atoms with Crippen molar-refractivity contribution in [1.29, 1.82) is 0 Å². The maximum absolute atomic E-state index is 14.7. The van der Waals surface area contributed by atoms with Crippen LogP contribution >= 0.6 is 11.6 Å². The van der Waals surface area contributed by atoms with Crippen molar-refractivity contribution < 1.29 is 8.78 Å². The van der Waals surface area contributed by atoms with Crippen molar-refractivity contribution >= 4 is 11.6 Å². The van der Waals surface area contributed by atoms with Gasteiger partial charge in [0.1, 0.15) is 11.6 Å². The Morgan fingerprint density at radius 2 is 1.31 bits per heavy atom. The van der Waals surface area contributed by atoms with E-state index >= 15 is 0 Å². The Balaban J connectivity index is 1.24. The number of hydrogen-bond donors (Lipinski definition) is 0. The fourth-order valence-electron chi connectivity index (χ4n) is 4.92. The quantitative estimate of drug-likeness (QED) is 0.335. The molecule has 0 heterocycles. The third-order valence-corrected chi connectivity index (χ3v) is 7.34. The zero-order valence-electron chi connectivity index (χ0n) is 18.7. The largest absolute Gasteiger partial charge is 0.206 e. The molecule has 168 valence electrons. The van der Waals surface area contributed by atoms with E-state index in [0.717, 1.165) is 30.2 Å². The van der Waals surface area contributed by atoms with Gasteiger partial charge in [-0.05, 0) is 79.3 Å². The van der Waals surface area contributed by atoms with Gasteiger partial charge in [-0.3, -0.25) is 0 Å². The zero-order valence-corrected chi connectivity index (χ0v) is 19.5. The van der Waals surface area contributed by atoms with Crippen LogP contribution in [0.3, 0.4) is 0 Å². The van der Waals surface area contributed by atoms with Crippen LogP contribution in [0.4, 0.5) is 8.78 Å². The van der Waals surface area contributed by atoms with Crippen molar-refractivity contribution in [2.24, 2.45) is 11.8 Å². The fraction of sp³-hybridized carbons (Fsp3) is 0.379. The minimum Gasteiger partial charge on any atom is -0.206 e. The summed E-state index contributed by atoms with van der Waals surface area (Å²) in [5, 5.41) is 0.0515. The van der Waals surface area contributed by atoms with Crippen LogP contribution in [0.1, 0.15) is 55.2 Å². The summed E-state index contributed by atoms with van der Waals surface area (Å²) in [6.07, 6.45) is 9.65. The van der Waals surface area contributed by atoms with Gasteiger partial charge in [-0.15, -0.1) is 0 Å². The van der Waals surface area contributed by atoms with E-state index < -0.39 is 5.82 Å². The predicted molar refractivity (Wildman–Crippen MR) is 130 cm³/mol. The SMILES string of the molecule is Cc1ccc(CCC2CCC(CCc3ccc(-c4ccc(Cl)c(F)c4)c(F)c3)CC2)cc1. The van der Waals surface area contributed by atoms with Crippen LogP contribution in [0.2, 0.25) is 5.02 Å². The zero-order chi connectivity index (χ0) is 22.5. The van der Waals surface area contributed by atoms with E-state index in [1.807, 2.05) is 6.07 Å². The third-order valence-electron chi connectivity index (χ3n) is 7.03. The lowest BCUT2D eigenvalue weighted by Gasteiger charge is -2.28. The van der Waals surface area contributed by atoms with Gasteiger partial charge in [0.05, 0.1) is 5.02 Å². The highest BCUT2D eigenvalue weighted by molar-refractivity contribution is 6.30. The average molecular weight is 453 g/mol. The molecule has 0 N–H and O–H groups in total. The van der Waals surface area contributed by atoms with Crippen molar-refractivity contribution in [1.82, 2.24) is 0 Å². The second-order valence-corrected chi connectivity index (χ2v) is 9.80. The summed E-state index contributed by atoms with van der Waals surface area (Å²) in [5.41, 5.74) is 4.72. The molecule has 0 spiro atoms. The summed E-state index contributed by atoms with van der Waals surface area (Å²) >= 11 is 5.74. The topological polar surface area (TPSA) is 0 Å². The van der Waals surface area contributed by atoms with Gasteiger partial charge in [0, 0.05) is 5.56 Å². The van der Waals surface area contributed by atoms with Crippen molar-refractivity contribution in [3.8, 4) is 11.1 Å². The van der Waals surface area contributed by atoms with Crippen molar-refractivity contribution in [2.45, 2.75) is 58.3 Å². The van der Waals surface area contributed by atoms with Gasteiger partial charge >= 0.3 is 0 Å². The maximum Gasteiger partial charge on any atom is 0.142 e. The van der Waals surface area contributed by atoms with Crippen molar-refractivity contribution in [3.05, 3.63) is 94.0 Å². The van der Waals surface area contributed by atoms with Crippen LogP contribution in [-0.2, 0) is 12.8 Å². The predicted octanol–water partition coefficient (Wildman–Crippen LogP) is 8.97. The minimum atomic E-state index is -0.526. The average Bonchev–Trinajstić information content (AvgIpc) is 2.80. The lowest BCUT2D eigenvalue weighted by molar-refractivity contribution is 0.253. The molecule has 32 heavy (non-hydrogen) atoms. The Kier molecular flexibility index (Phi) is 7.63. The molecule has 0 nitrogen and oxygen atoms in total. The summed E-state index contributed by atoms with van der Waals surface area (Å²) in [6, 6.07) is 18.7. The normalized spacial score (nSPS) is 18.6. The van der Waals surface area contributed by atoms with Crippen LogP contribution in [0, 0.1) is 30.4 Å². The molecule has 1 fully saturated rings. The standard InChI is InChI=1S/C29H31ClF2/c1-20-2-4-21(5-3-20)6-7-22-8-10-23(11-9-22)12-13-24-14-16-26(28(31)18-24)25-15-17-27(30)29(32)19-25/h2-5,14-19,22-23H,6-13H2,1H3. The minimum absolute atomic E-state index is 0.0515. The van der Waals surface area contributed by atoms with E-state index in [-0.39, 0.29) is 10.8 Å². The van der Waals surface area contributed by atoms with E-state index in [2.05, 4.69) is 31.2 Å². The maximum atomic E-state index is 14.7. The van der Waals surface area contributed by atoms with E-state index in [1.54, 1.807) is 18.2 Å². The van der Waals surface area contributed by atoms with Crippen LogP contribution in [0.15, 0.2) is 60.7 Å². The molecular formula is C29H31ClF2. The molecule has 3 heteroatoms. The van der Waals surface area contributed by atoms with Crippen LogP contribution < -0.4 is 0 Å². The summed E-state index contributed by atoms with van der Waals surface area (Å²) < 4.78 is 28.4. The number of halogens is 3. The Labute approximate surface area is 195 Å². The lowest BCUT2D eigenvalue weighted by atomic mass is 9.77. The first-order chi connectivity index (χ1) is 15.5. The van der Waals surface area contributed by atoms with Crippen LogP contribution in [0.25, 0.3) is 11.1 Å². The summed E-state index contributed by atoms with van der Waals surface area (Å²) in [5.74, 6) is 0.744. The first kappa shape index (κ1) is 23.0. The van der Waals surface area contributed by atoms with Gasteiger partial charge in [0.25, 0.3) is 0 Å². The van der Waals surface area contributed by atoms with Gasteiger partial charge in [0.15, 0.2) is 0 Å². The monoisotopic (exact) mass is 452 g/mol. The molecule has 1 aliphatic carbocycles. The third kappa shape index (κ3) is 5.98. The van der Waals surface area contributed by atoms with Gasteiger partial charge in [-0.1, -0.05) is 85.3 Å². The Bertz CT molecular complexity index is 1030. The van der Waals surface area contributed by atoms with E-state index in [4.69, 9.17) is 11.6 Å². The Hall–Kier alpha value is -2.19. The number of aryl methyl sites for hydroxylation is 3. The molecule has 0 unspecified atom stereocenters. The van der Waals surface area contributed by atoms with Crippen molar-refractivity contribution in [3.63, 3.8) is 0 Å². The highest BCUT2D eigenvalue weighted by Gasteiger charge is 2.21. The molecule has 0 radical (unpaired) electrons. The highest BCUT2D eigenvalue weighted by Crippen LogP contribution is 2.34. The summed E-state index contributed by atoms with van der Waals surface area (Å²) in [4.78, 5) is 0. The molecule has 0 bridgehead atoms. The summed E-state index contributed by atoms with van der Waals surface area (Å²) in [6.45, 7) is 2.13. The number of hydrogen-bond acceptors (Lipinski definition) is 0. The second-order valence-electron chi connectivity index (χ2n) is 9.39. The molecule has 0 amide bonds. The number of benzene rings is 3. The lowest BCUT2D eigenvalue weighted by Crippen LogP contribution is -2.15. The molecule has 0 atom stereocenters. The molecular weight excluding hydrogens is 422 g/mol. The molecule has 4 rings (SSSR count). The smallest absolute Gasteiger partial charge is 0.142 e. The van der Waals surface area contributed by atoms with Gasteiger partial charge < -0.3 is 0 Å². The van der Waals surface area contributed by atoms with Gasteiger partial charge in [-0.25, -0.2) is 8.78 Å². The Morgan fingerprint density at radius 1 is 0.719 bits per heavy atom. The number of rotatable bonds is 7. The van der Waals surface area contributed by atoms with Crippen LogP contribution in [0.5, 0.6) is 0 Å². The highest BCUT2D eigenvalue weighted by atomic mass is 35.5. The second kappa shape index (κ2) is 10.6. The van der Waals surface area contributed by atoms with E-state index in [0.29, 0.717) is 11.1 Å². The summed E-state index contributed by atoms with van der Waals surface area (Å²) in [7, 11) is 0. The first-order valence-electron chi connectivity index (χ1n) is 11.8. The molecule has 1 saturated carbocycles. The van der Waals surface area contributed by atoms with Gasteiger partial charge in [0.2, 0.25) is 0 Å². The molecule has 1 aliphatic rings. The Morgan fingerprint density at radius 3 is 1.91 bits per heavy atom. The van der Waals surface area contributed by atoms with E-state index in [1.165, 1.54) is 61.8 Å². The molecule has 0 aliphatic heterocycles. The molecule has 3 aromatic rings. The fourth-order valence-corrected chi connectivity index (χ4v) is 5.03. The first-order valence-corrected chi connectivity index (χ1v) is 12.1.